The summed E-state index contributed by atoms with van der Waals surface area (Å²) in [6.45, 7) is -2.07. The van der Waals surface area contributed by atoms with Crippen LogP contribution in [-0.4, -0.2) is 145 Å². The second-order valence-electron chi connectivity index (χ2n) is 21.8. The van der Waals surface area contributed by atoms with Crippen LogP contribution in [0.1, 0.15) is 83.8 Å². The molecule has 2 fully saturated rings. The lowest BCUT2D eigenvalue weighted by Gasteiger charge is -2.44. The maximum Gasteiger partial charge on any atom is 0.338 e. The molecule has 1 saturated carbocycles. The van der Waals surface area contributed by atoms with Crippen molar-refractivity contribution in [1.82, 2.24) is 10.6 Å². The van der Waals surface area contributed by atoms with Crippen LogP contribution in [-0.2, 0) is 67.4 Å². The van der Waals surface area contributed by atoms with Gasteiger partial charge in [0.15, 0.2) is 30.4 Å². The van der Waals surface area contributed by atoms with Gasteiger partial charge in [-0.2, -0.15) is 0 Å². The predicted octanol–water partition coefficient (Wildman–Crippen LogP) is 8.45. The highest BCUT2D eigenvalue weighted by molar-refractivity contribution is 5.92. The van der Waals surface area contributed by atoms with Gasteiger partial charge in [-0.15, -0.1) is 0 Å². The van der Waals surface area contributed by atoms with Crippen molar-refractivity contribution in [2.45, 2.75) is 68.1 Å². The fourth-order valence-corrected chi connectivity index (χ4v) is 11.1. The summed E-state index contributed by atoms with van der Waals surface area (Å²) < 4.78 is 66.6. The Labute approximate surface area is 537 Å². The Hall–Kier alpha value is -10.1. The number of amides is 2. The molecule has 1 heterocycles. The fourth-order valence-electron chi connectivity index (χ4n) is 11.1. The number of carbonyl (C=O) groups is 8. The van der Waals surface area contributed by atoms with E-state index in [9.17, 15) is 38.4 Å². The van der Waals surface area contributed by atoms with Crippen molar-refractivity contribution in [1.29, 1.82) is 0 Å². The molecule has 7 aromatic carbocycles. The second kappa shape index (κ2) is 33.3. The molecule has 1 aliphatic heterocycles. The highest BCUT2D eigenvalue weighted by atomic mass is 16.7. The molecule has 21 heteroatoms. The van der Waals surface area contributed by atoms with Crippen molar-refractivity contribution in [3.05, 3.63) is 239 Å². The van der Waals surface area contributed by atoms with Crippen molar-refractivity contribution >= 4 is 47.4 Å². The Morgan fingerprint density at radius 3 is 1.47 bits per heavy atom. The molecule has 2 aliphatic rings. The van der Waals surface area contributed by atoms with Gasteiger partial charge in [-0.3, -0.25) is 19.2 Å². The first-order valence-electron chi connectivity index (χ1n) is 30.3. The number of ketones is 1. The maximum absolute atomic E-state index is 14.5. The summed E-state index contributed by atoms with van der Waals surface area (Å²) in [5.41, 5.74) is 1.52. The molecule has 484 valence electrons. The van der Waals surface area contributed by atoms with Crippen LogP contribution in [0.25, 0.3) is 0 Å². The number of rotatable bonds is 30. The highest BCUT2D eigenvalue weighted by Crippen LogP contribution is 2.44. The highest BCUT2D eigenvalue weighted by Gasteiger charge is 2.54. The van der Waals surface area contributed by atoms with Gasteiger partial charge >= 0.3 is 29.8 Å². The first kappa shape index (κ1) is 67.3. The number of nitrogens with one attached hydrogen (secondary N) is 2. The lowest BCUT2D eigenvalue weighted by atomic mass is 9.79. The first-order chi connectivity index (χ1) is 45.3. The zero-order valence-electron chi connectivity index (χ0n) is 51.5. The van der Waals surface area contributed by atoms with E-state index >= 15 is 0 Å². The van der Waals surface area contributed by atoms with E-state index < -0.39 is 110 Å². The van der Waals surface area contributed by atoms with E-state index in [1.807, 2.05) is 78.9 Å². The zero-order chi connectivity index (χ0) is 65.5. The molecule has 8 atom stereocenters. The molecule has 3 unspecified atom stereocenters. The number of hydrogen-bond donors (Lipinski definition) is 2. The number of ether oxygens (including phenoxy) is 11. The van der Waals surface area contributed by atoms with Gasteiger partial charge in [-0.1, -0.05) is 127 Å². The maximum atomic E-state index is 14.5. The third kappa shape index (κ3) is 17.9. The molecular formula is C72H72N2O19. The van der Waals surface area contributed by atoms with Crippen LogP contribution in [0.15, 0.2) is 200 Å². The van der Waals surface area contributed by atoms with Crippen molar-refractivity contribution in [2.75, 3.05) is 60.8 Å². The van der Waals surface area contributed by atoms with E-state index in [0.29, 0.717) is 11.5 Å². The van der Waals surface area contributed by atoms with Gasteiger partial charge in [0.1, 0.15) is 49.1 Å². The van der Waals surface area contributed by atoms with Crippen molar-refractivity contribution < 1.29 is 90.5 Å². The average molecular weight is 1270 g/mol. The summed E-state index contributed by atoms with van der Waals surface area (Å²) in [5, 5.41) is 5.19. The van der Waals surface area contributed by atoms with Crippen LogP contribution in [0.5, 0.6) is 11.5 Å². The van der Waals surface area contributed by atoms with Crippen molar-refractivity contribution in [3.63, 3.8) is 0 Å². The molecule has 2 N–H and O–H groups in total. The minimum Gasteiger partial charge on any atom is -0.497 e. The molecule has 0 aromatic heterocycles. The summed E-state index contributed by atoms with van der Waals surface area (Å²) >= 11 is 0. The smallest absolute Gasteiger partial charge is 0.338 e. The largest absolute Gasteiger partial charge is 0.497 e. The van der Waals surface area contributed by atoms with Gasteiger partial charge in [-0.05, 0) is 108 Å². The molecule has 0 spiro atoms. The van der Waals surface area contributed by atoms with E-state index in [-0.39, 0.29) is 79.4 Å². The summed E-state index contributed by atoms with van der Waals surface area (Å²) in [4.78, 5) is 109. The molecule has 7 aromatic rings. The summed E-state index contributed by atoms with van der Waals surface area (Å²) in [5.74, 6) is -5.46. The van der Waals surface area contributed by atoms with Gasteiger partial charge in [-0.25, -0.2) is 19.2 Å². The normalized spacial score (nSPS) is 19.2. The molecular weight excluding hydrogens is 1200 g/mol. The molecule has 1 saturated heterocycles. The first-order valence-corrected chi connectivity index (χ1v) is 30.3. The van der Waals surface area contributed by atoms with Crippen molar-refractivity contribution in [3.8, 4) is 11.5 Å². The number of methoxy groups -OCH3 is 2. The summed E-state index contributed by atoms with van der Waals surface area (Å²) in [6.07, 6.45) is -8.93. The third-order valence-corrected chi connectivity index (χ3v) is 15.8. The Kier molecular flexibility index (Phi) is 24.1. The lowest BCUT2D eigenvalue weighted by Crippen LogP contribution is -2.63. The van der Waals surface area contributed by atoms with Gasteiger partial charge in [0.05, 0.1) is 56.1 Å². The van der Waals surface area contributed by atoms with Gasteiger partial charge in [0, 0.05) is 25.9 Å². The SMILES string of the molecule is CNC(=O)CCC(=O)O[C@H]1CC(C(=O)COCCNC(=O)CO[C@H]2OC(COC(=O)c3ccccc3)[C@@H](OC(=O)c3ccccc3)[C@@H](OC(=O)c3ccccc3)C2OC(=O)c2ccccc2)[C@H](COC(c2ccccc2)(c2ccc(OC)cc2)c2ccc(OC)cc2)C1. The molecule has 1 aliphatic carbocycles. The van der Waals surface area contributed by atoms with E-state index in [4.69, 9.17) is 52.1 Å². The van der Waals surface area contributed by atoms with Crippen LogP contribution >= 0.6 is 0 Å². The second-order valence-corrected chi connectivity index (χ2v) is 21.8. The monoisotopic (exact) mass is 1270 g/mol. The summed E-state index contributed by atoms with van der Waals surface area (Å²) in [7, 11) is 4.63. The Morgan fingerprint density at radius 2 is 0.968 bits per heavy atom. The zero-order valence-corrected chi connectivity index (χ0v) is 51.5. The molecule has 2 amide bonds. The molecule has 21 nitrogen and oxygen atoms in total. The van der Waals surface area contributed by atoms with Crippen LogP contribution in [0.4, 0.5) is 0 Å². The predicted molar refractivity (Wildman–Crippen MR) is 335 cm³/mol. The molecule has 0 bridgehead atoms. The topological polar surface area (TPSA) is 262 Å². The Balaban J connectivity index is 0.911. The van der Waals surface area contributed by atoms with Gasteiger partial charge in [0.25, 0.3) is 0 Å². The lowest BCUT2D eigenvalue weighted by molar-refractivity contribution is -0.296. The molecule has 9 rings (SSSR count). The number of Topliss-reactive ketones (excluding diaryl/α,β-unsaturated/α-hetero) is 1. The van der Waals surface area contributed by atoms with Crippen LogP contribution in [0.2, 0.25) is 0 Å². The molecule has 93 heavy (non-hydrogen) atoms. The Bertz CT molecular complexity index is 3550. The van der Waals surface area contributed by atoms with Gasteiger partial charge < -0.3 is 62.7 Å². The number of benzene rings is 7. The number of esters is 5. The van der Waals surface area contributed by atoms with Crippen LogP contribution < -0.4 is 20.1 Å². The van der Waals surface area contributed by atoms with Crippen LogP contribution in [0.3, 0.4) is 0 Å². The standard InChI is InChI=1S/C72H72N2O19/c1-73-61(76)37-38-63(78)89-57-41-51(43-88-72(52-27-17-8-18-28-52,53-29-33-55(83-2)34-30-53)54-31-35-56(84-3)36-32-54)58(42-57)59(75)44-85-40-39-74-62(77)46-87-71-66(93-70(82)50-25-15-7-16-26-50)65(92-69(81)49-23-13-6-14-24-49)64(91-68(80)48-21-11-5-12-22-48)60(90-71)45-86-67(79)47-19-9-4-10-20-47/h4-36,51,57-58,60,64-66,71H,37-46H2,1-3H3,(H,73,76)(H,74,77)/t51-,57+,58?,60?,64+,65+,66?,71-/m0/s1. The van der Waals surface area contributed by atoms with Gasteiger partial charge in [0.2, 0.25) is 11.8 Å². The summed E-state index contributed by atoms with van der Waals surface area (Å²) in [6, 6.07) is 56.3. The minimum atomic E-state index is -1.76. The number of carbonyl (C=O) groups excluding carboxylic acids is 8. The van der Waals surface area contributed by atoms with Crippen molar-refractivity contribution in [2.24, 2.45) is 11.8 Å². The average Bonchev–Trinajstić information content (AvgIpc) is 1.00. The quantitative estimate of drug-likeness (QED) is 0.0185. The third-order valence-electron chi connectivity index (χ3n) is 15.8. The van der Waals surface area contributed by atoms with E-state index in [0.717, 1.165) is 16.7 Å². The van der Waals surface area contributed by atoms with Crippen LogP contribution in [0, 0.1) is 11.8 Å². The van der Waals surface area contributed by atoms with E-state index in [2.05, 4.69) is 10.6 Å². The number of hydrogen-bond acceptors (Lipinski definition) is 19. The Morgan fingerprint density at radius 1 is 0.495 bits per heavy atom. The fraction of sp³-hybridized carbons (Fsp3) is 0.306. The minimum absolute atomic E-state index is 0.0119. The molecule has 0 radical (unpaired) electrons. The van der Waals surface area contributed by atoms with E-state index in [1.165, 1.54) is 55.6 Å². The van der Waals surface area contributed by atoms with E-state index in [1.54, 1.807) is 87.0 Å².